The predicted octanol–water partition coefficient (Wildman–Crippen LogP) is 2.51. The Morgan fingerprint density at radius 3 is 2.53 bits per heavy atom. The number of benzene rings is 2. The zero-order chi connectivity index (χ0) is 22.7. The number of nitrogens with one attached hydrogen (secondary N) is 1. The Morgan fingerprint density at radius 1 is 1.09 bits per heavy atom. The summed E-state index contributed by atoms with van der Waals surface area (Å²) in [5.74, 6) is -0.678. The van der Waals surface area contributed by atoms with Gasteiger partial charge in [0, 0.05) is 25.1 Å². The largest absolute Gasteiger partial charge is 0.383 e. The van der Waals surface area contributed by atoms with Crippen molar-refractivity contribution >= 4 is 16.7 Å². The first kappa shape index (κ1) is 21.4. The first-order chi connectivity index (χ1) is 15.5. The highest BCUT2D eigenvalue weighted by Gasteiger charge is 2.16. The molecule has 8 nitrogen and oxygen atoms in total. The van der Waals surface area contributed by atoms with Crippen LogP contribution in [0.4, 0.5) is 4.39 Å². The molecule has 0 aliphatic rings. The number of carbonyl (C=O) groups excluding carboxylic acids is 1. The molecule has 2 aromatic carbocycles. The van der Waals surface area contributed by atoms with Crippen LogP contribution in [0.25, 0.3) is 22.0 Å². The summed E-state index contributed by atoms with van der Waals surface area (Å²) < 4.78 is 21.1. The van der Waals surface area contributed by atoms with Crippen molar-refractivity contribution in [1.82, 2.24) is 24.9 Å². The molecule has 32 heavy (non-hydrogen) atoms. The first-order valence-corrected chi connectivity index (χ1v) is 10.0. The van der Waals surface area contributed by atoms with Gasteiger partial charge in [0.15, 0.2) is 0 Å². The number of carbonyl (C=O) groups is 1. The molecule has 0 radical (unpaired) electrons. The van der Waals surface area contributed by atoms with Crippen molar-refractivity contribution in [3.8, 4) is 11.3 Å². The normalized spacial score (nSPS) is 11.1. The van der Waals surface area contributed by atoms with Crippen molar-refractivity contribution < 1.29 is 13.9 Å². The molecule has 1 N–H and O–H groups in total. The minimum Gasteiger partial charge on any atom is -0.383 e. The topological polar surface area (TPSA) is 91.0 Å². The fraction of sp³-hybridized carbons (Fsp3) is 0.217. The minimum atomic E-state index is -0.339. The lowest BCUT2D eigenvalue weighted by Gasteiger charge is -2.11. The lowest BCUT2D eigenvalue weighted by molar-refractivity contribution is 0.0941. The number of ether oxygens (including phenoxy) is 1. The number of hydrogen-bond acceptors (Lipinski definition) is 5. The molecule has 0 saturated carbocycles. The van der Waals surface area contributed by atoms with Gasteiger partial charge >= 0.3 is 0 Å². The van der Waals surface area contributed by atoms with Crippen molar-refractivity contribution in [3.63, 3.8) is 0 Å². The summed E-state index contributed by atoms with van der Waals surface area (Å²) in [5, 5.41) is 12.9. The number of amides is 1. The molecule has 0 bridgehead atoms. The van der Waals surface area contributed by atoms with Crippen LogP contribution in [-0.2, 0) is 24.9 Å². The number of rotatable bonds is 7. The Morgan fingerprint density at radius 2 is 1.81 bits per heavy atom. The molecule has 4 rings (SSSR count). The van der Waals surface area contributed by atoms with Gasteiger partial charge in [-0.1, -0.05) is 18.2 Å². The van der Waals surface area contributed by atoms with Gasteiger partial charge in [-0.05, 0) is 36.4 Å². The summed E-state index contributed by atoms with van der Waals surface area (Å²) in [5.41, 5.74) is 1.99. The number of aryl methyl sites for hydroxylation is 1. The first-order valence-electron chi connectivity index (χ1n) is 10.0. The summed E-state index contributed by atoms with van der Waals surface area (Å²) in [6, 6.07) is 14.7. The van der Waals surface area contributed by atoms with E-state index < -0.39 is 0 Å². The van der Waals surface area contributed by atoms with Crippen LogP contribution in [0, 0.1) is 5.82 Å². The highest BCUT2D eigenvalue weighted by molar-refractivity contribution is 5.94. The van der Waals surface area contributed by atoms with E-state index in [-0.39, 0.29) is 23.8 Å². The molecule has 0 aliphatic heterocycles. The Labute approximate surface area is 183 Å². The van der Waals surface area contributed by atoms with Crippen molar-refractivity contribution in [2.75, 3.05) is 13.7 Å². The van der Waals surface area contributed by atoms with Gasteiger partial charge in [0.25, 0.3) is 11.5 Å². The number of methoxy groups -OCH3 is 1. The maximum atomic E-state index is 13.2. The third kappa shape index (κ3) is 4.28. The molecule has 0 unspecified atom stereocenters. The van der Waals surface area contributed by atoms with Crippen molar-refractivity contribution in [2.24, 2.45) is 7.05 Å². The molecule has 164 valence electrons. The highest BCUT2D eigenvalue weighted by Crippen LogP contribution is 2.19. The number of nitrogens with zero attached hydrogens (tertiary/aromatic N) is 4. The van der Waals surface area contributed by atoms with Gasteiger partial charge in [-0.25, -0.2) is 9.07 Å². The number of fused-ring (bicyclic) bond motifs is 1. The van der Waals surface area contributed by atoms with E-state index in [2.05, 4.69) is 15.5 Å². The van der Waals surface area contributed by atoms with Gasteiger partial charge in [-0.3, -0.25) is 14.3 Å². The van der Waals surface area contributed by atoms with E-state index in [0.29, 0.717) is 46.6 Å². The zero-order valence-electron chi connectivity index (χ0n) is 17.7. The Kier molecular flexibility index (Phi) is 6.09. The predicted molar refractivity (Wildman–Crippen MR) is 118 cm³/mol. The van der Waals surface area contributed by atoms with E-state index in [1.54, 1.807) is 44.5 Å². The highest BCUT2D eigenvalue weighted by atomic mass is 19.1. The standard InChI is InChI=1S/C23H22FN5O3/c1-28-21(13-19(26-28)15-7-9-16(24)10-8-15)22(30)25-14-20-17-5-3-4-6-18(17)23(31)29(27-20)11-12-32-2/h3-10,13H,11-12,14H2,1-2H3,(H,25,30). The molecule has 0 aliphatic carbocycles. The van der Waals surface area contributed by atoms with Gasteiger partial charge < -0.3 is 10.1 Å². The molecule has 1 amide bonds. The van der Waals surface area contributed by atoms with Gasteiger partial charge in [0.1, 0.15) is 11.5 Å². The van der Waals surface area contributed by atoms with Gasteiger partial charge in [-0.2, -0.15) is 10.2 Å². The van der Waals surface area contributed by atoms with E-state index in [1.807, 2.05) is 12.1 Å². The second-order valence-electron chi connectivity index (χ2n) is 7.24. The second-order valence-corrected chi connectivity index (χ2v) is 7.24. The number of halogens is 1. The van der Waals surface area contributed by atoms with Crippen molar-refractivity contribution in [1.29, 1.82) is 0 Å². The third-order valence-electron chi connectivity index (χ3n) is 5.12. The summed E-state index contributed by atoms with van der Waals surface area (Å²) in [7, 11) is 3.22. The molecule has 0 atom stereocenters. The Balaban J connectivity index is 1.58. The molecule has 2 heterocycles. The van der Waals surface area contributed by atoms with Crippen LogP contribution in [0.15, 0.2) is 59.4 Å². The lowest BCUT2D eigenvalue weighted by atomic mass is 10.1. The fourth-order valence-electron chi connectivity index (χ4n) is 3.46. The van der Waals surface area contributed by atoms with E-state index in [0.717, 1.165) is 0 Å². The van der Waals surface area contributed by atoms with E-state index in [4.69, 9.17) is 4.74 Å². The van der Waals surface area contributed by atoms with E-state index in [9.17, 15) is 14.0 Å². The average Bonchev–Trinajstić information content (AvgIpc) is 3.20. The maximum Gasteiger partial charge on any atom is 0.274 e. The van der Waals surface area contributed by atoms with Crippen LogP contribution in [0.3, 0.4) is 0 Å². The molecular formula is C23H22FN5O3. The van der Waals surface area contributed by atoms with E-state index in [1.165, 1.54) is 21.5 Å². The molecule has 2 aromatic heterocycles. The minimum absolute atomic E-state index is 0.129. The molecule has 0 fully saturated rings. The van der Waals surface area contributed by atoms with Crippen LogP contribution in [0.1, 0.15) is 16.2 Å². The number of hydrogen-bond donors (Lipinski definition) is 1. The maximum absolute atomic E-state index is 13.2. The Hall–Kier alpha value is -3.85. The van der Waals surface area contributed by atoms with Crippen LogP contribution in [-0.4, -0.2) is 39.2 Å². The van der Waals surface area contributed by atoms with Crippen LogP contribution in [0.5, 0.6) is 0 Å². The lowest BCUT2D eigenvalue weighted by Crippen LogP contribution is -2.30. The summed E-state index contributed by atoms with van der Waals surface area (Å²) >= 11 is 0. The van der Waals surface area contributed by atoms with Crippen molar-refractivity contribution in [3.05, 3.63) is 82.2 Å². The smallest absolute Gasteiger partial charge is 0.274 e. The monoisotopic (exact) mass is 435 g/mol. The molecule has 4 aromatic rings. The molecule has 0 saturated heterocycles. The van der Waals surface area contributed by atoms with Crippen LogP contribution >= 0.6 is 0 Å². The summed E-state index contributed by atoms with van der Waals surface area (Å²) in [6.45, 7) is 0.784. The second kappa shape index (κ2) is 9.11. The van der Waals surface area contributed by atoms with Crippen LogP contribution < -0.4 is 10.9 Å². The Bertz CT molecular complexity index is 1330. The van der Waals surface area contributed by atoms with Gasteiger partial charge in [-0.15, -0.1) is 0 Å². The van der Waals surface area contributed by atoms with Crippen LogP contribution in [0.2, 0.25) is 0 Å². The molecule has 0 spiro atoms. The SMILES string of the molecule is COCCn1nc(CNC(=O)c2cc(-c3ccc(F)cc3)nn2C)c2ccccc2c1=O. The van der Waals surface area contributed by atoms with E-state index >= 15 is 0 Å². The number of aromatic nitrogens is 4. The molecule has 9 heteroatoms. The summed E-state index contributed by atoms with van der Waals surface area (Å²) in [4.78, 5) is 25.5. The fourth-order valence-corrected chi connectivity index (χ4v) is 3.46. The average molecular weight is 435 g/mol. The van der Waals surface area contributed by atoms with Gasteiger partial charge in [0.05, 0.1) is 36.5 Å². The quantitative estimate of drug-likeness (QED) is 0.482. The zero-order valence-corrected chi connectivity index (χ0v) is 17.7. The molecular weight excluding hydrogens is 413 g/mol. The third-order valence-corrected chi connectivity index (χ3v) is 5.12. The van der Waals surface area contributed by atoms with Crippen molar-refractivity contribution in [2.45, 2.75) is 13.1 Å². The van der Waals surface area contributed by atoms with Gasteiger partial charge in [0.2, 0.25) is 0 Å². The summed E-state index contributed by atoms with van der Waals surface area (Å²) in [6.07, 6.45) is 0.